The average molecular weight is 516 g/mol. The van der Waals surface area contributed by atoms with Crippen LogP contribution in [0.5, 0.6) is 0 Å². The smallest absolute Gasteiger partial charge is 0.342 e. The van der Waals surface area contributed by atoms with Gasteiger partial charge in [0, 0.05) is 23.7 Å². The van der Waals surface area contributed by atoms with Gasteiger partial charge in [0.25, 0.3) is 0 Å². The summed E-state index contributed by atoms with van der Waals surface area (Å²) in [5.74, 6) is 0.214. The van der Waals surface area contributed by atoms with Crippen LogP contribution < -0.4 is 5.32 Å². The standard InChI is InChI=1S/C29H21N7O3/c1-35-15-30-14-26(35)24-13-19(18-5-3-4-6-20(18)31-24)27-32-23-11-16(28(37)39-2)7-10-25(23)36(27)17-8-9-21-22(12-17)34-29(38)33-21/h3-15,21H,1-2H3,(H,33,38). The predicted octanol–water partition coefficient (Wildman–Crippen LogP) is 4.38. The van der Waals surface area contributed by atoms with Crippen LogP contribution in [0.25, 0.3) is 50.4 Å². The van der Waals surface area contributed by atoms with E-state index in [1.165, 1.54) is 7.11 Å². The lowest BCUT2D eigenvalue weighted by atomic mass is 10.0. The highest BCUT2D eigenvalue weighted by atomic mass is 16.5. The Kier molecular flexibility index (Phi) is 5.02. The molecule has 2 amide bonds. The molecular weight excluding hydrogens is 494 g/mol. The van der Waals surface area contributed by atoms with Crippen molar-refractivity contribution in [1.82, 2.24) is 29.4 Å². The summed E-state index contributed by atoms with van der Waals surface area (Å²) in [5, 5.41) is 3.74. The Morgan fingerprint density at radius 1 is 1.08 bits per heavy atom. The fraction of sp³-hybridized carbons (Fsp3) is 0.103. The largest absolute Gasteiger partial charge is 0.465 e. The number of nitrogens with one attached hydrogen (secondary N) is 1. The number of amides is 2. The molecule has 1 unspecified atom stereocenters. The van der Waals surface area contributed by atoms with Crippen molar-refractivity contribution < 1.29 is 14.3 Å². The topological polar surface area (TPSA) is 116 Å². The fourth-order valence-corrected chi connectivity index (χ4v) is 5.09. The Bertz CT molecular complexity index is 1940. The number of aliphatic imine (C=N–C) groups is 1. The minimum Gasteiger partial charge on any atom is -0.465 e. The summed E-state index contributed by atoms with van der Waals surface area (Å²) in [5.41, 5.74) is 6.50. The highest BCUT2D eigenvalue weighted by Gasteiger charge is 2.27. The van der Waals surface area contributed by atoms with Crippen molar-refractivity contribution >= 4 is 45.3 Å². The molecule has 7 rings (SSSR count). The van der Waals surface area contributed by atoms with E-state index in [4.69, 9.17) is 14.7 Å². The molecule has 0 saturated heterocycles. The number of ether oxygens (including phenoxy) is 1. The second-order valence-electron chi connectivity index (χ2n) is 9.32. The number of hydrogen-bond donors (Lipinski definition) is 1. The van der Waals surface area contributed by atoms with Gasteiger partial charge in [-0.1, -0.05) is 24.3 Å². The van der Waals surface area contributed by atoms with Crippen molar-refractivity contribution in [2.45, 2.75) is 6.04 Å². The lowest BCUT2D eigenvalue weighted by Gasteiger charge is -2.17. The second kappa shape index (κ2) is 8.59. The molecule has 3 aromatic heterocycles. The van der Waals surface area contributed by atoms with Gasteiger partial charge in [0.05, 0.1) is 64.9 Å². The molecule has 0 spiro atoms. The van der Waals surface area contributed by atoms with E-state index < -0.39 is 5.97 Å². The first-order valence-corrected chi connectivity index (χ1v) is 12.3. The monoisotopic (exact) mass is 515 g/mol. The van der Waals surface area contributed by atoms with Crippen molar-refractivity contribution in [2.24, 2.45) is 12.0 Å². The summed E-state index contributed by atoms with van der Waals surface area (Å²) in [7, 11) is 3.28. The molecule has 10 heteroatoms. The van der Waals surface area contributed by atoms with Gasteiger partial charge < -0.3 is 14.6 Å². The number of aromatic nitrogens is 5. The van der Waals surface area contributed by atoms with Gasteiger partial charge in [-0.2, -0.15) is 4.99 Å². The van der Waals surface area contributed by atoms with Crippen molar-refractivity contribution in [2.75, 3.05) is 7.11 Å². The van der Waals surface area contributed by atoms with Gasteiger partial charge in [-0.15, -0.1) is 0 Å². The van der Waals surface area contributed by atoms with Crippen LogP contribution in [0.4, 0.5) is 4.79 Å². The molecule has 0 bridgehead atoms. The van der Waals surface area contributed by atoms with Gasteiger partial charge in [0.1, 0.15) is 5.82 Å². The number of fused-ring (bicyclic) bond motifs is 3. The van der Waals surface area contributed by atoms with E-state index in [-0.39, 0.29) is 12.1 Å². The van der Waals surface area contributed by atoms with Crippen LogP contribution in [0.1, 0.15) is 10.4 Å². The molecule has 10 nitrogen and oxygen atoms in total. The maximum Gasteiger partial charge on any atom is 0.342 e. The van der Waals surface area contributed by atoms with Gasteiger partial charge in [-0.3, -0.25) is 4.57 Å². The van der Waals surface area contributed by atoms with Gasteiger partial charge >= 0.3 is 12.0 Å². The summed E-state index contributed by atoms with van der Waals surface area (Å²) in [4.78, 5) is 42.6. The number of imidazole rings is 2. The molecule has 1 aliphatic heterocycles. The number of para-hydroxylation sites is 1. The van der Waals surface area contributed by atoms with E-state index in [0.717, 1.165) is 39.1 Å². The fourth-order valence-electron chi connectivity index (χ4n) is 5.09. The molecule has 2 aliphatic rings. The average Bonchev–Trinajstić information content (AvgIpc) is 3.66. The number of carbonyl (C=O) groups excluding carboxylic acids is 2. The first-order chi connectivity index (χ1) is 19.0. The molecular formula is C29H21N7O3. The van der Waals surface area contributed by atoms with Crippen molar-refractivity contribution in [3.63, 3.8) is 0 Å². The lowest BCUT2D eigenvalue weighted by Crippen LogP contribution is -2.30. The van der Waals surface area contributed by atoms with E-state index in [0.29, 0.717) is 22.6 Å². The Balaban J connectivity index is 1.53. The number of aryl methyl sites for hydroxylation is 1. The third-order valence-corrected chi connectivity index (χ3v) is 6.95. The number of pyridine rings is 1. The van der Waals surface area contributed by atoms with E-state index >= 15 is 0 Å². The summed E-state index contributed by atoms with van der Waals surface area (Å²) in [6.07, 6.45) is 9.25. The Labute approximate surface area is 222 Å². The van der Waals surface area contributed by atoms with Crippen LogP contribution in [-0.2, 0) is 11.8 Å². The molecule has 1 aliphatic carbocycles. The number of esters is 1. The quantitative estimate of drug-likeness (QED) is 0.355. The SMILES string of the molecule is COC(=O)c1ccc2c(c1)nc(-c1cc(-c3cncn3C)nc3ccccc13)n2C1=CC2=NC(=O)NC2C=C1. The van der Waals surface area contributed by atoms with Crippen molar-refractivity contribution in [3.05, 3.63) is 84.8 Å². The molecule has 0 fully saturated rings. The van der Waals surface area contributed by atoms with Crippen molar-refractivity contribution in [3.8, 4) is 22.8 Å². The van der Waals surface area contributed by atoms with E-state index in [9.17, 15) is 9.59 Å². The Morgan fingerprint density at radius 3 is 2.77 bits per heavy atom. The van der Waals surface area contributed by atoms with Crippen LogP contribution >= 0.6 is 0 Å². The predicted molar refractivity (Wildman–Crippen MR) is 147 cm³/mol. The summed E-state index contributed by atoms with van der Waals surface area (Å²) < 4.78 is 8.87. The molecule has 5 aromatic rings. The van der Waals surface area contributed by atoms with Crippen LogP contribution in [-0.4, -0.2) is 54.9 Å². The highest BCUT2D eigenvalue weighted by Crippen LogP contribution is 2.36. The number of nitrogens with zero attached hydrogens (tertiary/aromatic N) is 6. The normalized spacial score (nSPS) is 16.3. The zero-order valence-corrected chi connectivity index (χ0v) is 21.0. The summed E-state index contributed by atoms with van der Waals surface area (Å²) in [6, 6.07) is 14.6. The minimum atomic E-state index is -0.439. The Morgan fingerprint density at radius 2 is 1.95 bits per heavy atom. The van der Waals surface area contributed by atoms with Crippen LogP contribution in [0.15, 0.2) is 84.3 Å². The number of allylic oxidation sites excluding steroid dienone is 2. The number of methoxy groups -OCH3 is 1. The van der Waals surface area contributed by atoms with Gasteiger partial charge in [0.15, 0.2) is 0 Å². The van der Waals surface area contributed by atoms with Gasteiger partial charge in [-0.25, -0.2) is 24.5 Å². The third kappa shape index (κ3) is 3.64. The van der Waals surface area contributed by atoms with Crippen molar-refractivity contribution in [1.29, 1.82) is 0 Å². The summed E-state index contributed by atoms with van der Waals surface area (Å²) in [6.45, 7) is 0. The third-order valence-electron chi connectivity index (χ3n) is 6.95. The summed E-state index contributed by atoms with van der Waals surface area (Å²) >= 11 is 0. The highest BCUT2D eigenvalue weighted by molar-refractivity contribution is 6.16. The minimum absolute atomic E-state index is 0.261. The molecule has 0 radical (unpaired) electrons. The zero-order chi connectivity index (χ0) is 26.7. The van der Waals surface area contributed by atoms with Crippen LogP contribution in [0.2, 0.25) is 0 Å². The van der Waals surface area contributed by atoms with E-state index in [1.54, 1.807) is 24.7 Å². The molecule has 0 saturated carbocycles. The first-order valence-electron chi connectivity index (χ1n) is 12.3. The molecule has 4 heterocycles. The Hall–Kier alpha value is -5.38. The molecule has 39 heavy (non-hydrogen) atoms. The molecule has 1 atom stereocenters. The number of hydrogen-bond acceptors (Lipinski definition) is 6. The van der Waals surface area contributed by atoms with Gasteiger partial charge in [0.2, 0.25) is 0 Å². The number of rotatable bonds is 4. The number of carbonyl (C=O) groups is 2. The first kappa shape index (κ1) is 22.8. The second-order valence-corrected chi connectivity index (χ2v) is 9.32. The van der Waals surface area contributed by atoms with Crippen LogP contribution in [0, 0.1) is 0 Å². The maximum absolute atomic E-state index is 12.3. The maximum atomic E-state index is 12.3. The molecule has 190 valence electrons. The number of benzene rings is 2. The number of urea groups is 1. The molecule has 2 aromatic carbocycles. The van der Waals surface area contributed by atoms with E-state index in [2.05, 4.69) is 15.3 Å². The van der Waals surface area contributed by atoms with E-state index in [1.807, 2.05) is 70.8 Å². The zero-order valence-electron chi connectivity index (χ0n) is 21.0. The van der Waals surface area contributed by atoms with Gasteiger partial charge in [-0.05, 0) is 42.5 Å². The molecule has 1 N–H and O–H groups in total. The lowest BCUT2D eigenvalue weighted by molar-refractivity contribution is 0.0601. The van der Waals surface area contributed by atoms with Crippen LogP contribution in [0.3, 0.4) is 0 Å².